The zero-order chi connectivity index (χ0) is 13.7. The zero-order valence-corrected chi connectivity index (χ0v) is 13.4. The molecule has 1 atom stereocenters. The summed E-state index contributed by atoms with van der Waals surface area (Å²) in [4.78, 5) is 11.8. The minimum absolute atomic E-state index is 0. The molecule has 1 aromatic rings. The van der Waals surface area contributed by atoms with Crippen molar-refractivity contribution in [3.05, 3.63) is 35.4 Å². The Morgan fingerprint density at radius 2 is 2.25 bits per heavy atom. The van der Waals surface area contributed by atoms with Gasteiger partial charge in [-0.3, -0.25) is 4.79 Å². The standard InChI is InChI=1S/C15H22N2OS.ClH/c1-11-3-2-4-12(7-11)9-19-10-15(18)17-14(8-16)13-5-6-13;/h2-4,7,13-14H,5-6,8-10,16H2,1H3,(H,17,18);1H. The van der Waals surface area contributed by atoms with Crippen molar-refractivity contribution in [2.24, 2.45) is 11.7 Å². The van der Waals surface area contributed by atoms with Crippen molar-refractivity contribution in [1.29, 1.82) is 0 Å². The van der Waals surface area contributed by atoms with Gasteiger partial charge in [-0.1, -0.05) is 29.8 Å². The molecule has 3 N–H and O–H groups in total. The van der Waals surface area contributed by atoms with Crippen LogP contribution in [-0.2, 0) is 10.5 Å². The minimum atomic E-state index is 0. The van der Waals surface area contributed by atoms with Crippen LogP contribution in [0.4, 0.5) is 0 Å². The van der Waals surface area contributed by atoms with Gasteiger partial charge in [0.05, 0.1) is 5.75 Å². The van der Waals surface area contributed by atoms with Gasteiger partial charge in [0.15, 0.2) is 0 Å². The number of rotatable bonds is 7. The van der Waals surface area contributed by atoms with E-state index in [2.05, 4.69) is 36.5 Å². The van der Waals surface area contributed by atoms with Crippen molar-refractivity contribution >= 4 is 30.1 Å². The van der Waals surface area contributed by atoms with E-state index >= 15 is 0 Å². The monoisotopic (exact) mass is 314 g/mol. The van der Waals surface area contributed by atoms with Gasteiger partial charge in [0.2, 0.25) is 5.91 Å². The number of nitrogens with one attached hydrogen (secondary N) is 1. The highest BCUT2D eigenvalue weighted by Crippen LogP contribution is 2.32. The molecule has 0 bridgehead atoms. The lowest BCUT2D eigenvalue weighted by Gasteiger charge is -2.15. The molecule has 112 valence electrons. The first-order valence-corrected chi connectivity index (χ1v) is 7.97. The van der Waals surface area contributed by atoms with E-state index in [4.69, 9.17) is 5.73 Å². The molecule has 1 unspecified atom stereocenters. The number of carbonyl (C=O) groups excluding carboxylic acids is 1. The predicted octanol–water partition coefficient (Wildman–Crippen LogP) is 2.50. The quantitative estimate of drug-likeness (QED) is 0.813. The molecule has 1 saturated carbocycles. The topological polar surface area (TPSA) is 55.1 Å². The fourth-order valence-electron chi connectivity index (χ4n) is 2.18. The van der Waals surface area contributed by atoms with E-state index in [-0.39, 0.29) is 24.4 Å². The van der Waals surface area contributed by atoms with Crippen LogP contribution in [0.15, 0.2) is 24.3 Å². The second-order valence-electron chi connectivity index (χ2n) is 5.23. The second-order valence-corrected chi connectivity index (χ2v) is 6.21. The third-order valence-corrected chi connectivity index (χ3v) is 4.38. The number of nitrogens with two attached hydrogens (primary N) is 1. The summed E-state index contributed by atoms with van der Waals surface area (Å²) in [5.41, 5.74) is 8.21. The Balaban J connectivity index is 0.00000200. The Labute approximate surface area is 131 Å². The van der Waals surface area contributed by atoms with Crippen LogP contribution < -0.4 is 11.1 Å². The Morgan fingerprint density at radius 1 is 1.50 bits per heavy atom. The molecule has 2 rings (SSSR count). The molecule has 1 aliphatic rings. The van der Waals surface area contributed by atoms with Gasteiger partial charge in [0.25, 0.3) is 0 Å². The highest BCUT2D eigenvalue weighted by Gasteiger charge is 2.30. The highest BCUT2D eigenvalue weighted by atomic mass is 35.5. The Bertz CT molecular complexity index is 438. The minimum Gasteiger partial charge on any atom is -0.351 e. The molecule has 3 nitrogen and oxygen atoms in total. The Kier molecular flexibility index (Phi) is 7.41. The molecule has 1 aliphatic carbocycles. The summed E-state index contributed by atoms with van der Waals surface area (Å²) >= 11 is 1.65. The van der Waals surface area contributed by atoms with Gasteiger partial charge in [-0.25, -0.2) is 0 Å². The van der Waals surface area contributed by atoms with Crippen molar-refractivity contribution in [3.63, 3.8) is 0 Å². The summed E-state index contributed by atoms with van der Waals surface area (Å²) in [6.07, 6.45) is 2.41. The summed E-state index contributed by atoms with van der Waals surface area (Å²) in [6, 6.07) is 8.60. The number of hydrogen-bond donors (Lipinski definition) is 2. The molecular formula is C15H23ClN2OS. The lowest BCUT2D eigenvalue weighted by molar-refractivity contribution is -0.119. The van der Waals surface area contributed by atoms with E-state index in [0.717, 1.165) is 5.75 Å². The van der Waals surface area contributed by atoms with E-state index in [1.54, 1.807) is 11.8 Å². The molecular weight excluding hydrogens is 292 g/mol. The Morgan fingerprint density at radius 3 is 2.85 bits per heavy atom. The van der Waals surface area contributed by atoms with Gasteiger partial charge in [0, 0.05) is 18.3 Å². The van der Waals surface area contributed by atoms with Crippen LogP contribution in [-0.4, -0.2) is 24.2 Å². The van der Waals surface area contributed by atoms with Gasteiger partial charge in [-0.05, 0) is 31.2 Å². The lowest BCUT2D eigenvalue weighted by Crippen LogP contribution is -2.42. The van der Waals surface area contributed by atoms with Crippen LogP contribution in [0.1, 0.15) is 24.0 Å². The number of benzene rings is 1. The van der Waals surface area contributed by atoms with Crippen molar-refractivity contribution < 1.29 is 4.79 Å². The molecule has 0 saturated heterocycles. The first-order chi connectivity index (χ1) is 9.19. The number of amides is 1. The summed E-state index contributed by atoms with van der Waals surface area (Å²) < 4.78 is 0. The largest absolute Gasteiger partial charge is 0.351 e. The predicted molar refractivity (Wildman–Crippen MR) is 88.3 cm³/mol. The first kappa shape index (κ1) is 17.3. The number of thioether (sulfide) groups is 1. The second kappa shape index (κ2) is 8.55. The highest BCUT2D eigenvalue weighted by molar-refractivity contribution is 7.99. The number of carbonyl (C=O) groups is 1. The lowest BCUT2D eigenvalue weighted by atomic mass is 10.2. The van der Waals surface area contributed by atoms with Crippen molar-refractivity contribution in [2.45, 2.75) is 31.6 Å². The third kappa shape index (κ3) is 5.73. The van der Waals surface area contributed by atoms with Crippen LogP contribution in [0.3, 0.4) is 0 Å². The molecule has 1 amide bonds. The van der Waals surface area contributed by atoms with Crippen LogP contribution in [0, 0.1) is 12.8 Å². The van der Waals surface area contributed by atoms with E-state index in [0.29, 0.717) is 18.2 Å². The van der Waals surface area contributed by atoms with Gasteiger partial charge in [-0.2, -0.15) is 0 Å². The summed E-state index contributed by atoms with van der Waals surface area (Å²) in [7, 11) is 0. The van der Waals surface area contributed by atoms with Crippen LogP contribution in [0.5, 0.6) is 0 Å². The van der Waals surface area contributed by atoms with Crippen LogP contribution >= 0.6 is 24.2 Å². The first-order valence-electron chi connectivity index (χ1n) is 6.81. The maximum absolute atomic E-state index is 11.8. The number of halogens is 1. The third-order valence-electron chi connectivity index (χ3n) is 3.38. The number of aryl methyl sites for hydroxylation is 1. The van der Waals surface area contributed by atoms with E-state index in [9.17, 15) is 4.79 Å². The van der Waals surface area contributed by atoms with Crippen molar-refractivity contribution in [2.75, 3.05) is 12.3 Å². The fraction of sp³-hybridized carbons (Fsp3) is 0.533. The van der Waals surface area contributed by atoms with E-state index < -0.39 is 0 Å². The summed E-state index contributed by atoms with van der Waals surface area (Å²) in [6.45, 7) is 2.64. The molecule has 1 fully saturated rings. The average molecular weight is 315 g/mol. The van der Waals surface area contributed by atoms with Gasteiger partial charge in [0.1, 0.15) is 0 Å². The Hall–Kier alpha value is -0.710. The van der Waals surface area contributed by atoms with Crippen LogP contribution in [0.25, 0.3) is 0 Å². The van der Waals surface area contributed by atoms with Gasteiger partial charge >= 0.3 is 0 Å². The molecule has 0 heterocycles. The SMILES string of the molecule is Cc1cccc(CSCC(=O)NC(CN)C2CC2)c1.Cl. The molecule has 5 heteroatoms. The summed E-state index contributed by atoms with van der Waals surface area (Å²) in [5, 5.41) is 3.04. The smallest absolute Gasteiger partial charge is 0.230 e. The molecule has 0 spiro atoms. The maximum atomic E-state index is 11.8. The van der Waals surface area contributed by atoms with Crippen LogP contribution in [0.2, 0.25) is 0 Å². The average Bonchev–Trinajstić information content (AvgIpc) is 3.20. The normalized spacial score (nSPS) is 15.3. The molecule has 0 radical (unpaired) electrons. The maximum Gasteiger partial charge on any atom is 0.230 e. The molecule has 0 aromatic heterocycles. The van der Waals surface area contributed by atoms with Gasteiger partial charge in [-0.15, -0.1) is 24.2 Å². The van der Waals surface area contributed by atoms with Gasteiger partial charge < -0.3 is 11.1 Å². The van der Waals surface area contributed by atoms with Crippen molar-refractivity contribution in [3.8, 4) is 0 Å². The summed E-state index contributed by atoms with van der Waals surface area (Å²) in [5.74, 6) is 2.12. The molecule has 0 aliphatic heterocycles. The molecule has 20 heavy (non-hydrogen) atoms. The zero-order valence-electron chi connectivity index (χ0n) is 11.8. The number of hydrogen-bond acceptors (Lipinski definition) is 3. The van der Waals surface area contributed by atoms with E-state index in [1.807, 2.05) is 0 Å². The fourth-order valence-corrected chi connectivity index (χ4v) is 2.97. The van der Waals surface area contributed by atoms with E-state index in [1.165, 1.54) is 24.0 Å². The van der Waals surface area contributed by atoms with Crippen molar-refractivity contribution in [1.82, 2.24) is 5.32 Å². The molecule has 1 aromatic carbocycles.